The summed E-state index contributed by atoms with van der Waals surface area (Å²) in [4.78, 5) is 30.4. The third-order valence-corrected chi connectivity index (χ3v) is 4.84. The summed E-state index contributed by atoms with van der Waals surface area (Å²) in [6, 6.07) is 10.5. The number of fused-ring (bicyclic) bond motifs is 1. The van der Waals surface area contributed by atoms with Crippen molar-refractivity contribution in [1.82, 2.24) is 14.5 Å². The second-order valence-electron chi connectivity index (χ2n) is 6.33. The molecule has 26 heavy (non-hydrogen) atoms. The minimum Gasteiger partial charge on any atom is -0.475 e. The number of nitrogens with zero attached hydrogens (tertiary/aromatic N) is 3. The van der Waals surface area contributed by atoms with Crippen molar-refractivity contribution < 1.29 is 19.1 Å². The molecule has 7 nitrogen and oxygen atoms in total. The molecule has 3 heterocycles. The molecule has 1 N–H and O–H groups in total. The largest absolute Gasteiger partial charge is 0.475 e. The molecule has 1 aliphatic rings. The van der Waals surface area contributed by atoms with Crippen molar-refractivity contribution in [2.75, 3.05) is 6.54 Å². The molecular formula is C19H19N3O4. The van der Waals surface area contributed by atoms with E-state index in [2.05, 4.69) is 11.5 Å². The zero-order chi connectivity index (χ0) is 18.3. The van der Waals surface area contributed by atoms with Gasteiger partial charge < -0.3 is 19.0 Å². The van der Waals surface area contributed by atoms with Gasteiger partial charge in [-0.1, -0.05) is 12.1 Å². The Morgan fingerprint density at radius 3 is 2.73 bits per heavy atom. The fourth-order valence-corrected chi connectivity index (χ4v) is 3.67. The first kappa shape index (κ1) is 16.4. The van der Waals surface area contributed by atoms with E-state index in [0.29, 0.717) is 6.54 Å². The molecule has 1 atom stereocenters. The van der Waals surface area contributed by atoms with Crippen LogP contribution in [0.5, 0.6) is 0 Å². The van der Waals surface area contributed by atoms with Crippen LogP contribution in [0.15, 0.2) is 40.8 Å². The molecule has 0 aliphatic carbocycles. The molecule has 7 heteroatoms. The number of carbonyl (C=O) groups excluding carboxylic acids is 1. The van der Waals surface area contributed by atoms with Crippen LogP contribution in [0.2, 0.25) is 0 Å². The molecule has 4 rings (SSSR count). The normalized spacial score (nSPS) is 17.1. The quantitative estimate of drug-likeness (QED) is 0.777. The summed E-state index contributed by atoms with van der Waals surface area (Å²) in [6.07, 6.45) is 1.69. The number of rotatable bonds is 4. The van der Waals surface area contributed by atoms with E-state index < -0.39 is 5.97 Å². The summed E-state index contributed by atoms with van der Waals surface area (Å²) in [5.74, 6) is -0.799. The van der Waals surface area contributed by atoms with Gasteiger partial charge in [-0.05, 0) is 44.0 Å². The Hall–Kier alpha value is -3.09. The lowest BCUT2D eigenvalue weighted by atomic mass is 10.2. The number of hydrogen-bond donors (Lipinski definition) is 1. The maximum absolute atomic E-state index is 12.9. The second kappa shape index (κ2) is 6.33. The maximum atomic E-state index is 12.9. The highest BCUT2D eigenvalue weighted by atomic mass is 16.4. The van der Waals surface area contributed by atoms with Crippen LogP contribution in [-0.4, -0.2) is 38.0 Å². The number of hydrogen-bond acceptors (Lipinski definition) is 4. The first-order chi connectivity index (χ1) is 12.6. The molecule has 0 spiro atoms. The minimum atomic E-state index is -1.19. The SMILES string of the molecule is CCn1c([C@H]2CCCN2C(=O)c2ccc(C(=O)O)o2)nc2ccccc21. The molecule has 134 valence electrons. The fourth-order valence-electron chi connectivity index (χ4n) is 3.67. The van der Waals surface area contributed by atoms with Crippen LogP contribution < -0.4 is 0 Å². The lowest BCUT2D eigenvalue weighted by Crippen LogP contribution is -2.31. The lowest BCUT2D eigenvalue weighted by Gasteiger charge is -2.24. The van der Waals surface area contributed by atoms with Gasteiger partial charge in [0.05, 0.1) is 17.1 Å². The zero-order valence-electron chi connectivity index (χ0n) is 14.4. The maximum Gasteiger partial charge on any atom is 0.371 e. The van der Waals surface area contributed by atoms with Crippen LogP contribution in [0.25, 0.3) is 11.0 Å². The molecular weight excluding hydrogens is 334 g/mol. The van der Waals surface area contributed by atoms with Crippen molar-refractivity contribution in [2.45, 2.75) is 32.4 Å². The van der Waals surface area contributed by atoms with Gasteiger partial charge in [0, 0.05) is 13.1 Å². The van der Waals surface area contributed by atoms with E-state index in [4.69, 9.17) is 14.5 Å². The van der Waals surface area contributed by atoms with Gasteiger partial charge in [0.15, 0.2) is 5.76 Å². The summed E-state index contributed by atoms with van der Waals surface area (Å²) >= 11 is 0. The van der Waals surface area contributed by atoms with Crippen molar-refractivity contribution in [3.63, 3.8) is 0 Å². The molecule has 1 saturated heterocycles. The number of para-hydroxylation sites is 2. The Morgan fingerprint density at radius 2 is 2.00 bits per heavy atom. The first-order valence-electron chi connectivity index (χ1n) is 8.69. The van der Waals surface area contributed by atoms with E-state index >= 15 is 0 Å². The van der Waals surface area contributed by atoms with Gasteiger partial charge in [0.2, 0.25) is 5.76 Å². The fraction of sp³-hybridized carbons (Fsp3) is 0.316. The van der Waals surface area contributed by atoms with Crippen molar-refractivity contribution in [1.29, 1.82) is 0 Å². The highest BCUT2D eigenvalue weighted by Crippen LogP contribution is 2.34. The number of carboxylic acids is 1. The van der Waals surface area contributed by atoms with Crippen LogP contribution in [0.1, 0.15) is 52.7 Å². The summed E-state index contributed by atoms with van der Waals surface area (Å²) < 4.78 is 7.34. The molecule has 2 aromatic heterocycles. The summed E-state index contributed by atoms with van der Waals surface area (Å²) in [6.45, 7) is 3.42. The van der Waals surface area contributed by atoms with E-state index in [1.165, 1.54) is 12.1 Å². The van der Waals surface area contributed by atoms with E-state index in [1.807, 2.05) is 24.3 Å². The highest BCUT2D eigenvalue weighted by molar-refractivity contribution is 5.94. The van der Waals surface area contributed by atoms with E-state index in [0.717, 1.165) is 36.2 Å². The summed E-state index contributed by atoms with van der Waals surface area (Å²) in [5.41, 5.74) is 1.96. The predicted molar refractivity (Wildman–Crippen MR) is 94.1 cm³/mol. The van der Waals surface area contributed by atoms with E-state index in [9.17, 15) is 9.59 Å². The number of amides is 1. The van der Waals surface area contributed by atoms with Crippen LogP contribution in [0.3, 0.4) is 0 Å². The predicted octanol–water partition coefficient (Wildman–Crippen LogP) is 3.32. The smallest absolute Gasteiger partial charge is 0.371 e. The second-order valence-corrected chi connectivity index (χ2v) is 6.33. The Morgan fingerprint density at radius 1 is 1.23 bits per heavy atom. The number of benzene rings is 1. The monoisotopic (exact) mass is 353 g/mol. The van der Waals surface area contributed by atoms with Gasteiger partial charge in [0.1, 0.15) is 5.82 Å². The molecule has 0 bridgehead atoms. The van der Waals surface area contributed by atoms with Gasteiger partial charge in [-0.15, -0.1) is 0 Å². The molecule has 3 aromatic rings. The molecule has 1 aliphatic heterocycles. The average molecular weight is 353 g/mol. The van der Waals surface area contributed by atoms with Crippen LogP contribution in [0.4, 0.5) is 0 Å². The molecule has 0 saturated carbocycles. The number of aromatic carboxylic acids is 1. The Bertz CT molecular complexity index is 988. The van der Waals surface area contributed by atoms with E-state index in [-0.39, 0.29) is 23.5 Å². The number of carbonyl (C=O) groups is 2. The number of aromatic nitrogens is 2. The lowest BCUT2D eigenvalue weighted by molar-refractivity contribution is 0.0643. The summed E-state index contributed by atoms with van der Waals surface area (Å²) in [7, 11) is 0. The Labute approximate surface area is 149 Å². The molecule has 0 radical (unpaired) electrons. The van der Waals surface area contributed by atoms with Gasteiger partial charge in [-0.3, -0.25) is 4.79 Å². The van der Waals surface area contributed by atoms with Crippen LogP contribution in [-0.2, 0) is 6.54 Å². The zero-order valence-corrected chi connectivity index (χ0v) is 14.4. The number of carboxylic acid groups (broad SMARTS) is 1. The highest BCUT2D eigenvalue weighted by Gasteiger charge is 2.35. The molecule has 1 fully saturated rings. The van der Waals surface area contributed by atoms with Gasteiger partial charge in [-0.2, -0.15) is 0 Å². The number of furan rings is 1. The third-order valence-electron chi connectivity index (χ3n) is 4.84. The van der Waals surface area contributed by atoms with Gasteiger partial charge in [0.25, 0.3) is 5.91 Å². The summed E-state index contributed by atoms with van der Waals surface area (Å²) in [5, 5.41) is 8.99. The van der Waals surface area contributed by atoms with Crippen molar-refractivity contribution in [3.8, 4) is 0 Å². The minimum absolute atomic E-state index is 0.0495. The number of likely N-dealkylation sites (tertiary alicyclic amines) is 1. The average Bonchev–Trinajstić information content (AvgIpc) is 3.37. The van der Waals surface area contributed by atoms with Gasteiger partial charge in [-0.25, -0.2) is 9.78 Å². The van der Waals surface area contributed by atoms with E-state index in [1.54, 1.807) is 4.90 Å². The van der Waals surface area contributed by atoms with Gasteiger partial charge >= 0.3 is 5.97 Å². The topological polar surface area (TPSA) is 88.6 Å². The first-order valence-corrected chi connectivity index (χ1v) is 8.69. The molecule has 1 aromatic carbocycles. The van der Waals surface area contributed by atoms with Crippen LogP contribution >= 0.6 is 0 Å². The van der Waals surface area contributed by atoms with Crippen LogP contribution in [0, 0.1) is 0 Å². The van der Waals surface area contributed by atoms with Crippen molar-refractivity contribution in [3.05, 3.63) is 53.7 Å². The molecule has 0 unspecified atom stereocenters. The Balaban J connectivity index is 1.70. The number of imidazole rings is 1. The number of aryl methyl sites for hydroxylation is 1. The Kier molecular flexibility index (Phi) is 3.99. The third kappa shape index (κ3) is 2.56. The van der Waals surface area contributed by atoms with Crippen molar-refractivity contribution >= 4 is 22.9 Å². The van der Waals surface area contributed by atoms with Crippen molar-refractivity contribution in [2.24, 2.45) is 0 Å². The molecule has 1 amide bonds. The standard InChI is InChI=1S/C19H19N3O4/c1-2-21-13-7-4-3-6-12(13)20-17(21)14-8-5-11-22(14)18(23)15-9-10-16(26-15)19(24)25/h3-4,6-7,9-10,14H,2,5,8,11H2,1H3,(H,24,25)/t14-/m1/s1.